The maximum Gasteiger partial charge on any atom is 0.163 e. The smallest absolute Gasteiger partial charge is 0.163 e. The number of nitrogens with one attached hydrogen (secondary N) is 1. The molecule has 3 aromatic rings. The maximum atomic E-state index is 9.37. The first kappa shape index (κ1) is 16.7. The van der Waals surface area contributed by atoms with Gasteiger partial charge < -0.3 is 10.2 Å². The van der Waals surface area contributed by atoms with Gasteiger partial charge in [0, 0.05) is 11.6 Å². The molecule has 0 amide bonds. The average molecular weight is 370 g/mol. The number of nitrogens with two attached hydrogens (primary N) is 1. The van der Waals surface area contributed by atoms with Gasteiger partial charge in [-0.2, -0.15) is 15.6 Å². The second-order valence-corrected chi connectivity index (χ2v) is 5.79. The lowest BCUT2D eigenvalue weighted by molar-refractivity contribution is 0.572. The Morgan fingerprint density at radius 2 is 2.00 bits per heavy atom. The number of benzene rings is 1. The number of nitrogen functional groups attached to an aromatic ring is 1. The summed E-state index contributed by atoms with van der Waals surface area (Å²) in [5.41, 5.74) is 6.88. The lowest BCUT2D eigenvalue weighted by atomic mass is 10.1. The van der Waals surface area contributed by atoms with Crippen LogP contribution in [-0.4, -0.2) is 10.2 Å². The fourth-order valence-electron chi connectivity index (χ4n) is 2.20. The Morgan fingerprint density at radius 3 is 2.68 bits per heavy atom. The van der Waals surface area contributed by atoms with E-state index in [1.807, 2.05) is 12.1 Å². The van der Waals surface area contributed by atoms with Crippen molar-refractivity contribution in [3.8, 4) is 23.5 Å². The lowest BCUT2D eigenvalue weighted by Gasteiger charge is -2.00. The van der Waals surface area contributed by atoms with Gasteiger partial charge in [0.1, 0.15) is 29.2 Å². The van der Waals surface area contributed by atoms with Crippen molar-refractivity contribution in [2.75, 3.05) is 5.73 Å². The van der Waals surface area contributed by atoms with Crippen molar-refractivity contribution < 1.29 is 4.42 Å². The fraction of sp³-hybridized carbons (Fsp3) is 0. The molecule has 0 bridgehead atoms. The van der Waals surface area contributed by atoms with Crippen molar-refractivity contribution in [1.29, 1.82) is 10.5 Å². The molecule has 0 aliphatic rings. The quantitative estimate of drug-likeness (QED) is 0.659. The van der Waals surface area contributed by atoms with E-state index in [1.54, 1.807) is 30.3 Å². The number of furan rings is 1. The van der Waals surface area contributed by atoms with Gasteiger partial charge in [0.2, 0.25) is 0 Å². The molecule has 0 aliphatic carbocycles. The van der Waals surface area contributed by atoms with Gasteiger partial charge in [-0.3, -0.25) is 5.10 Å². The SMILES string of the molecule is N#C/C(=C\c1ccc(-c2ccc(Cl)c(Cl)c2)o1)c1[nH]nc(N)c1C#N. The third-order valence-corrected chi connectivity index (χ3v) is 4.15. The van der Waals surface area contributed by atoms with Crippen LogP contribution in [0.4, 0.5) is 5.82 Å². The molecule has 1 aromatic carbocycles. The Labute approximate surface area is 152 Å². The summed E-state index contributed by atoms with van der Waals surface area (Å²) in [6, 6.07) is 12.5. The Kier molecular flexibility index (Phi) is 4.49. The summed E-state index contributed by atoms with van der Waals surface area (Å²) >= 11 is 11.9. The first-order valence-electron chi connectivity index (χ1n) is 6.95. The van der Waals surface area contributed by atoms with E-state index in [-0.39, 0.29) is 22.6 Å². The molecular weight excluding hydrogens is 361 g/mol. The van der Waals surface area contributed by atoms with E-state index in [0.29, 0.717) is 21.6 Å². The van der Waals surface area contributed by atoms with Gasteiger partial charge >= 0.3 is 0 Å². The molecule has 3 N–H and O–H groups in total. The number of hydrogen-bond donors (Lipinski definition) is 2. The van der Waals surface area contributed by atoms with Crippen LogP contribution in [0.15, 0.2) is 34.7 Å². The van der Waals surface area contributed by atoms with Crippen molar-refractivity contribution in [3.05, 3.63) is 57.4 Å². The van der Waals surface area contributed by atoms with Crippen LogP contribution in [-0.2, 0) is 0 Å². The summed E-state index contributed by atoms with van der Waals surface area (Å²) in [5, 5.41) is 25.7. The van der Waals surface area contributed by atoms with E-state index in [0.717, 1.165) is 5.56 Å². The minimum absolute atomic E-state index is 0.0367. The molecule has 0 fully saturated rings. The van der Waals surface area contributed by atoms with Gasteiger partial charge in [-0.25, -0.2) is 0 Å². The Balaban J connectivity index is 1.98. The Bertz CT molecular complexity index is 1070. The van der Waals surface area contributed by atoms with E-state index in [9.17, 15) is 5.26 Å². The van der Waals surface area contributed by atoms with E-state index in [1.165, 1.54) is 6.08 Å². The Morgan fingerprint density at radius 1 is 1.20 bits per heavy atom. The molecule has 0 saturated carbocycles. The number of halogens is 2. The first-order valence-corrected chi connectivity index (χ1v) is 7.70. The molecule has 0 atom stereocenters. The third-order valence-electron chi connectivity index (χ3n) is 3.41. The van der Waals surface area contributed by atoms with E-state index in [4.69, 9.17) is 38.6 Å². The van der Waals surface area contributed by atoms with Crippen LogP contribution in [0.3, 0.4) is 0 Å². The van der Waals surface area contributed by atoms with Crippen molar-refractivity contribution in [3.63, 3.8) is 0 Å². The minimum atomic E-state index is 0.0367. The number of rotatable bonds is 3. The molecular formula is C17H9Cl2N5O. The maximum absolute atomic E-state index is 9.37. The van der Waals surface area contributed by atoms with Crippen LogP contribution >= 0.6 is 23.2 Å². The predicted molar refractivity (Wildman–Crippen MR) is 95.4 cm³/mol. The number of hydrogen-bond acceptors (Lipinski definition) is 5. The summed E-state index contributed by atoms with van der Waals surface area (Å²) in [4.78, 5) is 0. The molecule has 2 aromatic heterocycles. The zero-order valence-corrected chi connectivity index (χ0v) is 14.1. The highest BCUT2D eigenvalue weighted by Crippen LogP contribution is 2.30. The molecule has 0 unspecified atom stereocenters. The normalized spacial score (nSPS) is 11.1. The van der Waals surface area contributed by atoms with Crippen molar-refractivity contribution in [2.24, 2.45) is 0 Å². The number of allylic oxidation sites excluding steroid dienone is 1. The summed E-state index contributed by atoms with van der Waals surface area (Å²) < 4.78 is 5.72. The number of aromatic amines is 1. The Hall–Kier alpha value is -3.19. The largest absolute Gasteiger partial charge is 0.457 e. The predicted octanol–water partition coefficient (Wildman–Crippen LogP) is 4.49. The van der Waals surface area contributed by atoms with Crippen LogP contribution in [0.1, 0.15) is 17.0 Å². The monoisotopic (exact) mass is 369 g/mol. The van der Waals surface area contributed by atoms with Crippen molar-refractivity contribution >= 4 is 40.7 Å². The highest BCUT2D eigenvalue weighted by Gasteiger charge is 2.15. The van der Waals surface area contributed by atoms with Crippen molar-refractivity contribution in [2.45, 2.75) is 0 Å². The lowest BCUT2D eigenvalue weighted by Crippen LogP contribution is -1.89. The van der Waals surface area contributed by atoms with Crippen LogP contribution in [0.2, 0.25) is 10.0 Å². The van der Waals surface area contributed by atoms with Gasteiger partial charge in [0.25, 0.3) is 0 Å². The molecule has 122 valence electrons. The second-order valence-electron chi connectivity index (χ2n) is 4.97. The summed E-state index contributed by atoms with van der Waals surface area (Å²) in [5.74, 6) is 1.02. The van der Waals surface area contributed by atoms with Gasteiger partial charge in [-0.05, 0) is 30.3 Å². The van der Waals surface area contributed by atoms with Crippen LogP contribution in [0.5, 0.6) is 0 Å². The molecule has 2 heterocycles. The van der Waals surface area contributed by atoms with Crippen molar-refractivity contribution in [1.82, 2.24) is 10.2 Å². The van der Waals surface area contributed by atoms with Gasteiger partial charge in [-0.1, -0.05) is 23.2 Å². The summed E-state index contributed by atoms with van der Waals surface area (Å²) in [6.45, 7) is 0. The molecule has 8 heteroatoms. The first-order chi connectivity index (χ1) is 12.0. The number of nitriles is 2. The zero-order chi connectivity index (χ0) is 18.0. The second kappa shape index (κ2) is 6.74. The number of H-pyrrole nitrogens is 1. The van der Waals surface area contributed by atoms with E-state index < -0.39 is 0 Å². The standard InChI is InChI=1S/C17H9Cl2N5O/c18-13-3-1-9(6-14(13)19)15-4-2-11(25-15)5-10(7-20)16-12(8-21)17(22)24-23-16/h1-6H,(H3,22,23,24)/b10-5+. The summed E-state index contributed by atoms with van der Waals surface area (Å²) in [6.07, 6.45) is 1.49. The number of nitrogens with zero attached hydrogens (tertiary/aromatic N) is 3. The molecule has 0 radical (unpaired) electrons. The van der Waals surface area contributed by atoms with Crippen LogP contribution < -0.4 is 5.73 Å². The number of anilines is 1. The topological polar surface area (TPSA) is 115 Å². The zero-order valence-electron chi connectivity index (χ0n) is 12.5. The summed E-state index contributed by atoms with van der Waals surface area (Å²) in [7, 11) is 0. The molecule has 25 heavy (non-hydrogen) atoms. The number of aromatic nitrogens is 2. The third kappa shape index (κ3) is 3.22. The minimum Gasteiger partial charge on any atom is -0.457 e. The molecule has 3 rings (SSSR count). The van der Waals surface area contributed by atoms with Crippen LogP contribution in [0, 0.1) is 22.7 Å². The molecule has 0 saturated heterocycles. The molecule has 0 spiro atoms. The fourth-order valence-corrected chi connectivity index (χ4v) is 2.50. The van der Waals surface area contributed by atoms with Gasteiger partial charge in [0.05, 0.1) is 21.3 Å². The van der Waals surface area contributed by atoms with E-state index in [2.05, 4.69) is 10.2 Å². The van der Waals surface area contributed by atoms with E-state index >= 15 is 0 Å². The molecule has 6 nitrogen and oxygen atoms in total. The molecule has 0 aliphatic heterocycles. The average Bonchev–Trinajstić information content (AvgIpc) is 3.21. The van der Waals surface area contributed by atoms with Gasteiger partial charge in [-0.15, -0.1) is 0 Å². The van der Waals surface area contributed by atoms with Crippen LogP contribution in [0.25, 0.3) is 23.0 Å². The highest BCUT2D eigenvalue weighted by atomic mass is 35.5. The highest BCUT2D eigenvalue weighted by molar-refractivity contribution is 6.42. The van der Waals surface area contributed by atoms with Gasteiger partial charge in [0.15, 0.2) is 5.82 Å².